The molecule has 0 heterocycles. The molecule has 1 N–H and O–H groups in total. The van der Waals surface area contributed by atoms with Gasteiger partial charge >= 0.3 is 0 Å². The first-order valence-electron chi connectivity index (χ1n) is 8.11. The van der Waals surface area contributed by atoms with Crippen molar-refractivity contribution >= 4 is 5.91 Å². The van der Waals surface area contributed by atoms with Crippen molar-refractivity contribution in [3.8, 4) is 5.75 Å². The minimum atomic E-state index is -0.0847. The molecule has 1 atom stereocenters. The molecule has 0 spiro atoms. The molecular weight excluding hydrogens is 286 g/mol. The predicted molar refractivity (Wildman–Crippen MR) is 93.9 cm³/mol. The van der Waals surface area contributed by atoms with E-state index < -0.39 is 0 Å². The van der Waals surface area contributed by atoms with E-state index in [0.717, 1.165) is 23.3 Å². The summed E-state index contributed by atoms with van der Waals surface area (Å²) in [6.07, 6.45) is 0.988. The fourth-order valence-corrected chi connectivity index (χ4v) is 2.68. The molecule has 2 rings (SSSR count). The average molecular weight is 311 g/mol. The van der Waals surface area contributed by atoms with Crippen molar-refractivity contribution in [1.82, 2.24) is 5.32 Å². The van der Waals surface area contributed by atoms with Crippen LogP contribution in [0.3, 0.4) is 0 Å². The van der Waals surface area contributed by atoms with E-state index in [9.17, 15) is 4.79 Å². The monoisotopic (exact) mass is 311 g/mol. The summed E-state index contributed by atoms with van der Waals surface area (Å²) >= 11 is 0. The summed E-state index contributed by atoms with van der Waals surface area (Å²) in [5.74, 6) is 0.993. The van der Waals surface area contributed by atoms with Crippen LogP contribution in [0.4, 0.5) is 0 Å². The van der Waals surface area contributed by atoms with Crippen molar-refractivity contribution < 1.29 is 9.53 Å². The standard InChI is InChI=1S/C20H25NO2/c1-4-17(18-8-6-5-7-9-18)13-21-20(22)14-23-19-11-15(2)10-16(3)12-19/h5-12,17H,4,13-14H2,1-3H3,(H,21,22). The van der Waals surface area contributed by atoms with Gasteiger partial charge in [0.15, 0.2) is 6.61 Å². The first-order valence-corrected chi connectivity index (χ1v) is 8.11. The van der Waals surface area contributed by atoms with Crippen LogP contribution in [0.5, 0.6) is 5.75 Å². The third-order valence-corrected chi connectivity index (χ3v) is 3.87. The highest BCUT2D eigenvalue weighted by Crippen LogP contribution is 2.18. The van der Waals surface area contributed by atoms with Crippen LogP contribution in [-0.4, -0.2) is 19.1 Å². The van der Waals surface area contributed by atoms with Gasteiger partial charge in [0.05, 0.1) is 0 Å². The number of carbonyl (C=O) groups is 1. The molecule has 0 saturated heterocycles. The number of rotatable bonds is 7. The molecule has 122 valence electrons. The van der Waals surface area contributed by atoms with E-state index in [2.05, 4.69) is 30.4 Å². The Labute approximate surface area is 138 Å². The van der Waals surface area contributed by atoms with Crippen LogP contribution in [0, 0.1) is 13.8 Å². The largest absolute Gasteiger partial charge is 0.484 e. The lowest BCUT2D eigenvalue weighted by Gasteiger charge is -2.16. The molecule has 0 aliphatic heterocycles. The Bertz CT molecular complexity index is 617. The maximum absolute atomic E-state index is 12.0. The van der Waals surface area contributed by atoms with Gasteiger partial charge in [-0.2, -0.15) is 0 Å². The predicted octanol–water partition coefficient (Wildman–Crippen LogP) is 3.99. The Balaban J connectivity index is 1.82. The lowest BCUT2D eigenvalue weighted by molar-refractivity contribution is -0.123. The van der Waals surface area contributed by atoms with Crippen LogP contribution in [0.1, 0.15) is 36.0 Å². The summed E-state index contributed by atoms with van der Waals surface area (Å²) in [6.45, 7) is 6.86. The van der Waals surface area contributed by atoms with E-state index in [-0.39, 0.29) is 12.5 Å². The molecule has 0 aliphatic rings. The van der Waals surface area contributed by atoms with Crippen molar-refractivity contribution in [1.29, 1.82) is 0 Å². The van der Waals surface area contributed by atoms with Gasteiger partial charge in [-0.05, 0) is 49.1 Å². The first-order chi connectivity index (χ1) is 11.1. The zero-order valence-electron chi connectivity index (χ0n) is 14.1. The highest BCUT2D eigenvalue weighted by atomic mass is 16.5. The molecule has 0 saturated carbocycles. The van der Waals surface area contributed by atoms with Crippen molar-refractivity contribution in [2.45, 2.75) is 33.1 Å². The molecule has 0 aliphatic carbocycles. The average Bonchev–Trinajstić information content (AvgIpc) is 2.53. The van der Waals surface area contributed by atoms with Crippen LogP contribution in [0.15, 0.2) is 48.5 Å². The number of carbonyl (C=O) groups excluding carboxylic acids is 1. The first kappa shape index (κ1) is 17.1. The highest BCUT2D eigenvalue weighted by molar-refractivity contribution is 5.77. The van der Waals surface area contributed by atoms with E-state index in [1.807, 2.05) is 44.2 Å². The molecule has 0 aromatic heterocycles. The third-order valence-electron chi connectivity index (χ3n) is 3.87. The molecular formula is C20H25NO2. The maximum Gasteiger partial charge on any atom is 0.257 e. The third kappa shape index (κ3) is 5.44. The Morgan fingerprint density at radius 1 is 1.09 bits per heavy atom. The van der Waals surface area contributed by atoms with Crippen molar-refractivity contribution in [3.63, 3.8) is 0 Å². The molecule has 2 aromatic carbocycles. The lowest BCUT2D eigenvalue weighted by atomic mass is 9.96. The summed E-state index contributed by atoms with van der Waals surface area (Å²) in [5.41, 5.74) is 3.52. The minimum Gasteiger partial charge on any atom is -0.484 e. The molecule has 1 amide bonds. The summed E-state index contributed by atoms with van der Waals surface area (Å²) in [5, 5.41) is 2.97. The van der Waals surface area contributed by atoms with E-state index in [0.29, 0.717) is 12.5 Å². The van der Waals surface area contributed by atoms with Crippen LogP contribution in [-0.2, 0) is 4.79 Å². The second-order valence-corrected chi connectivity index (χ2v) is 5.93. The van der Waals surface area contributed by atoms with Gasteiger partial charge < -0.3 is 10.1 Å². The van der Waals surface area contributed by atoms with Crippen molar-refractivity contribution in [3.05, 3.63) is 65.2 Å². The fraction of sp³-hybridized carbons (Fsp3) is 0.350. The van der Waals surface area contributed by atoms with Gasteiger partial charge in [0.2, 0.25) is 0 Å². The summed E-state index contributed by atoms with van der Waals surface area (Å²) < 4.78 is 5.59. The Morgan fingerprint density at radius 3 is 2.35 bits per heavy atom. The second-order valence-electron chi connectivity index (χ2n) is 5.93. The van der Waals surface area contributed by atoms with Crippen LogP contribution in [0.25, 0.3) is 0 Å². The molecule has 0 bridgehead atoms. The fourth-order valence-electron chi connectivity index (χ4n) is 2.68. The van der Waals surface area contributed by atoms with Crippen LogP contribution < -0.4 is 10.1 Å². The molecule has 23 heavy (non-hydrogen) atoms. The molecule has 0 radical (unpaired) electrons. The lowest BCUT2D eigenvalue weighted by Crippen LogP contribution is -2.32. The number of nitrogens with one attached hydrogen (secondary N) is 1. The number of hydrogen-bond donors (Lipinski definition) is 1. The number of aryl methyl sites for hydroxylation is 2. The minimum absolute atomic E-state index is 0.0497. The van der Waals surface area contributed by atoms with Crippen LogP contribution in [0.2, 0.25) is 0 Å². The quantitative estimate of drug-likeness (QED) is 0.839. The van der Waals surface area contributed by atoms with Gasteiger partial charge in [0.25, 0.3) is 5.91 Å². The molecule has 3 heteroatoms. The Kier molecular flexibility index (Phi) is 6.21. The van der Waals surface area contributed by atoms with Gasteiger partial charge in [0, 0.05) is 12.5 Å². The number of ether oxygens (including phenoxy) is 1. The summed E-state index contributed by atoms with van der Waals surface area (Å²) in [4.78, 5) is 12.0. The van der Waals surface area contributed by atoms with Crippen molar-refractivity contribution in [2.75, 3.05) is 13.2 Å². The normalized spacial score (nSPS) is 11.8. The Hall–Kier alpha value is -2.29. The topological polar surface area (TPSA) is 38.3 Å². The van der Waals surface area contributed by atoms with E-state index >= 15 is 0 Å². The number of benzene rings is 2. The van der Waals surface area contributed by atoms with Gasteiger partial charge in [0.1, 0.15) is 5.75 Å². The van der Waals surface area contributed by atoms with E-state index in [1.54, 1.807) is 0 Å². The van der Waals surface area contributed by atoms with Gasteiger partial charge in [-0.1, -0.05) is 43.3 Å². The zero-order chi connectivity index (χ0) is 16.7. The van der Waals surface area contributed by atoms with E-state index in [1.165, 1.54) is 5.56 Å². The second kappa shape index (κ2) is 8.37. The highest BCUT2D eigenvalue weighted by Gasteiger charge is 2.11. The summed E-state index contributed by atoms with van der Waals surface area (Å²) in [6, 6.07) is 16.2. The van der Waals surface area contributed by atoms with Crippen molar-refractivity contribution in [2.24, 2.45) is 0 Å². The smallest absolute Gasteiger partial charge is 0.257 e. The zero-order valence-corrected chi connectivity index (χ0v) is 14.1. The maximum atomic E-state index is 12.0. The summed E-state index contributed by atoms with van der Waals surface area (Å²) in [7, 11) is 0. The van der Waals surface area contributed by atoms with Crippen LogP contribution >= 0.6 is 0 Å². The number of hydrogen-bond acceptors (Lipinski definition) is 2. The molecule has 1 unspecified atom stereocenters. The van der Waals surface area contributed by atoms with E-state index in [4.69, 9.17) is 4.74 Å². The Morgan fingerprint density at radius 2 is 1.74 bits per heavy atom. The molecule has 2 aromatic rings. The van der Waals surface area contributed by atoms with Gasteiger partial charge in [-0.3, -0.25) is 4.79 Å². The van der Waals surface area contributed by atoms with Gasteiger partial charge in [-0.25, -0.2) is 0 Å². The van der Waals surface area contributed by atoms with Gasteiger partial charge in [-0.15, -0.1) is 0 Å². The number of amides is 1. The molecule has 3 nitrogen and oxygen atoms in total. The SMILES string of the molecule is CCC(CNC(=O)COc1cc(C)cc(C)c1)c1ccccc1. The molecule has 0 fully saturated rings.